The number of aromatic nitrogens is 1. The molecule has 1 aromatic heterocycles. The van der Waals surface area contributed by atoms with Gasteiger partial charge in [-0.3, -0.25) is 0 Å². The van der Waals surface area contributed by atoms with Crippen molar-refractivity contribution in [3.8, 4) is 0 Å². The second-order valence-corrected chi connectivity index (χ2v) is 3.43. The predicted octanol–water partition coefficient (Wildman–Crippen LogP) is 1.96. The summed E-state index contributed by atoms with van der Waals surface area (Å²) < 4.78 is 2.32. The van der Waals surface area contributed by atoms with Crippen LogP contribution in [0.3, 0.4) is 0 Å². The molecule has 0 aromatic carbocycles. The first-order valence-corrected chi connectivity index (χ1v) is 4.52. The molecule has 0 fully saturated rings. The van der Waals surface area contributed by atoms with Crippen molar-refractivity contribution in [3.05, 3.63) is 24.0 Å². The van der Waals surface area contributed by atoms with Crippen molar-refractivity contribution in [1.29, 1.82) is 0 Å². The zero-order valence-corrected chi connectivity index (χ0v) is 8.25. The third-order valence-corrected chi connectivity index (χ3v) is 1.87. The zero-order chi connectivity index (χ0) is 8.97. The molecular weight excluding hydrogens is 148 g/mol. The summed E-state index contributed by atoms with van der Waals surface area (Å²) in [5, 5.41) is 0. The minimum Gasteiger partial charge on any atom is -0.350 e. The van der Waals surface area contributed by atoms with Crippen molar-refractivity contribution >= 4 is 0 Å². The van der Waals surface area contributed by atoms with Gasteiger partial charge < -0.3 is 9.47 Å². The normalized spacial score (nSPS) is 11.0. The Hall–Kier alpha value is -0.760. The van der Waals surface area contributed by atoms with Crippen LogP contribution in [-0.2, 0) is 13.1 Å². The fourth-order valence-corrected chi connectivity index (χ4v) is 1.38. The van der Waals surface area contributed by atoms with E-state index in [2.05, 4.69) is 48.8 Å². The Morgan fingerprint density at radius 1 is 1.42 bits per heavy atom. The van der Waals surface area contributed by atoms with E-state index in [1.807, 2.05) is 0 Å². The molecule has 0 aliphatic rings. The maximum absolute atomic E-state index is 2.32. The molecule has 0 spiro atoms. The van der Waals surface area contributed by atoms with Crippen LogP contribution >= 0.6 is 0 Å². The van der Waals surface area contributed by atoms with Crippen molar-refractivity contribution in [1.82, 2.24) is 9.47 Å². The third-order valence-electron chi connectivity index (χ3n) is 1.87. The average Bonchev–Trinajstić information content (AvgIpc) is 2.37. The molecule has 0 unspecified atom stereocenters. The molecule has 0 aliphatic heterocycles. The second kappa shape index (κ2) is 4.31. The van der Waals surface area contributed by atoms with Gasteiger partial charge in [-0.05, 0) is 32.6 Å². The first-order valence-electron chi connectivity index (χ1n) is 4.52. The molecule has 2 heteroatoms. The van der Waals surface area contributed by atoms with Crippen molar-refractivity contribution in [3.63, 3.8) is 0 Å². The van der Waals surface area contributed by atoms with Crippen molar-refractivity contribution in [2.75, 3.05) is 14.1 Å². The van der Waals surface area contributed by atoms with Gasteiger partial charge in [0.15, 0.2) is 0 Å². The molecule has 0 saturated heterocycles. The Balaban J connectivity index is 2.63. The van der Waals surface area contributed by atoms with Crippen molar-refractivity contribution < 1.29 is 0 Å². The molecule has 0 amide bonds. The van der Waals surface area contributed by atoms with Crippen molar-refractivity contribution in [2.24, 2.45) is 0 Å². The Bertz CT molecular complexity index is 225. The van der Waals surface area contributed by atoms with Gasteiger partial charge in [-0.25, -0.2) is 0 Å². The van der Waals surface area contributed by atoms with Gasteiger partial charge in [0.2, 0.25) is 0 Å². The number of aryl methyl sites for hydroxylation is 1. The Morgan fingerprint density at radius 3 is 2.75 bits per heavy atom. The van der Waals surface area contributed by atoms with Crippen LogP contribution in [0.4, 0.5) is 0 Å². The van der Waals surface area contributed by atoms with E-state index in [9.17, 15) is 0 Å². The summed E-state index contributed by atoms with van der Waals surface area (Å²) in [4.78, 5) is 2.20. The third kappa shape index (κ3) is 2.38. The maximum Gasteiger partial charge on any atom is 0.0381 e. The summed E-state index contributed by atoms with van der Waals surface area (Å²) in [6.45, 7) is 4.38. The lowest BCUT2D eigenvalue weighted by molar-refractivity contribution is 0.386. The topological polar surface area (TPSA) is 8.17 Å². The molecule has 68 valence electrons. The fraction of sp³-hybridized carbons (Fsp3) is 0.600. The predicted molar refractivity (Wildman–Crippen MR) is 52.1 cm³/mol. The first kappa shape index (κ1) is 9.33. The van der Waals surface area contributed by atoms with E-state index < -0.39 is 0 Å². The lowest BCUT2D eigenvalue weighted by Crippen LogP contribution is -2.14. The number of hydrogen-bond donors (Lipinski definition) is 0. The minimum absolute atomic E-state index is 1.03. The lowest BCUT2D eigenvalue weighted by atomic mass is 10.4. The minimum atomic E-state index is 1.03. The molecule has 0 bridgehead atoms. The molecule has 12 heavy (non-hydrogen) atoms. The van der Waals surface area contributed by atoms with Crippen LogP contribution in [0.15, 0.2) is 18.3 Å². The van der Waals surface area contributed by atoms with Crippen LogP contribution in [0.5, 0.6) is 0 Å². The Kier molecular flexibility index (Phi) is 3.35. The lowest BCUT2D eigenvalue weighted by Gasteiger charge is -2.12. The molecule has 0 N–H and O–H groups in total. The smallest absolute Gasteiger partial charge is 0.0381 e. The van der Waals surface area contributed by atoms with E-state index >= 15 is 0 Å². The van der Waals surface area contributed by atoms with Crippen LogP contribution in [0.1, 0.15) is 19.0 Å². The van der Waals surface area contributed by atoms with E-state index in [4.69, 9.17) is 0 Å². The van der Waals surface area contributed by atoms with E-state index in [0.29, 0.717) is 0 Å². The summed E-state index contributed by atoms with van der Waals surface area (Å²) in [7, 11) is 4.20. The highest BCUT2D eigenvalue weighted by Gasteiger charge is 1.99. The highest BCUT2D eigenvalue weighted by molar-refractivity contribution is 5.06. The zero-order valence-electron chi connectivity index (χ0n) is 8.25. The molecule has 0 aliphatic carbocycles. The summed E-state index contributed by atoms with van der Waals surface area (Å²) in [5.41, 5.74) is 1.40. The van der Waals surface area contributed by atoms with Gasteiger partial charge in [0.1, 0.15) is 0 Å². The number of nitrogens with zero attached hydrogens (tertiary/aromatic N) is 2. The molecule has 0 saturated carbocycles. The fourth-order valence-electron chi connectivity index (χ4n) is 1.38. The number of hydrogen-bond acceptors (Lipinski definition) is 1. The summed E-state index contributed by atoms with van der Waals surface area (Å²) in [5.74, 6) is 0. The highest BCUT2D eigenvalue weighted by atomic mass is 15.1. The molecule has 0 atom stereocenters. The van der Waals surface area contributed by atoms with E-state index in [1.54, 1.807) is 0 Å². The molecule has 2 nitrogen and oxygen atoms in total. The first-order chi connectivity index (χ1) is 5.74. The number of rotatable bonds is 4. The van der Waals surface area contributed by atoms with E-state index in [-0.39, 0.29) is 0 Å². The van der Waals surface area contributed by atoms with Gasteiger partial charge in [0, 0.05) is 25.0 Å². The molecule has 1 aromatic rings. The van der Waals surface area contributed by atoms with Crippen LogP contribution in [0.2, 0.25) is 0 Å². The van der Waals surface area contributed by atoms with Crippen LogP contribution < -0.4 is 0 Å². The van der Waals surface area contributed by atoms with Gasteiger partial charge in [-0.1, -0.05) is 6.92 Å². The van der Waals surface area contributed by atoms with Gasteiger partial charge >= 0.3 is 0 Å². The maximum atomic E-state index is 2.32. The monoisotopic (exact) mass is 166 g/mol. The summed E-state index contributed by atoms with van der Waals surface area (Å²) in [6, 6.07) is 4.31. The molecule has 1 heterocycles. The Labute approximate surface area is 74.8 Å². The molecular formula is C10H18N2. The van der Waals surface area contributed by atoms with Gasteiger partial charge in [0.05, 0.1) is 0 Å². The van der Waals surface area contributed by atoms with E-state index in [1.165, 1.54) is 12.1 Å². The largest absolute Gasteiger partial charge is 0.350 e. The van der Waals surface area contributed by atoms with Crippen LogP contribution in [0, 0.1) is 0 Å². The van der Waals surface area contributed by atoms with E-state index in [0.717, 1.165) is 13.1 Å². The molecule has 1 rings (SSSR count). The average molecular weight is 166 g/mol. The van der Waals surface area contributed by atoms with Crippen LogP contribution in [0.25, 0.3) is 0 Å². The van der Waals surface area contributed by atoms with Gasteiger partial charge in [-0.15, -0.1) is 0 Å². The highest BCUT2D eigenvalue weighted by Crippen LogP contribution is 2.05. The van der Waals surface area contributed by atoms with Gasteiger partial charge in [0.25, 0.3) is 0 Å². The quantitative estimate of drug-likeness (QED) is 0.664. The SMILES string of the molecule is CCCn1cccc1CN(C)C. The summed E-state index contributed by atoms with van der Waals surface area (Å²) >= 11 is 0. The molecule has 0 radical (unpaired) electrons. The second-order valence-electron chi connectivity index (χ2n) is 3.43. The standard InChI is InChI=1S/C10H18N2/c1-4-7-12-8-5-6-10(12)9-11(2)3/h5-6,8H,4,7,9H2,1-3H3. The van der Waals surface area contributed by atoms with Gasteiger partial charge in [-0.2, -0.15) is 0 Å². The summed E-state index contributed by atoms with van der Waals surface area (Å²) in [6.07, 6.45) is 3.36. The Morgan fingerprint density at radius 2 is 2.17 bits per heavy atom. The van der Waals surface area contributed by atoms with Crippen molar-refractivity contribution in [2.45, 2.75) is 26.4 Å². The van der Waals surface area contributed by atoms with Crippen LogP contribution in [-0.4, -0.2) is 23.6 Å².